The quantitative estimate of drug-likeness (QED) is 0.471. The van der Waals surface area contributed by atoms with Crippen molar-refractivity contribution in [3.8, 4) is 6.07 Å². The smallest absolute Gasteiger partial charge is 0.217 e. The van der Waals surface area contributed by atoms with E-state index in [1.807, 2.05) is 0 Å². The first-order chi connectivity index (χ1) is 4.33. The second-order valence-corrected chi connectivity index (χ2v) is 1.34. The van der Waals surface area contributed by atoms with Gasteiger partial charge >= 0.3 is 0 Å². The third kappa shape index (κ3) is 1.19. The lowest BCUT2D eigenvalue weighted by atomic mass is 10.4. The van der Waals surface area contributed by atoms with Crippen LogP contribution in [-0.2, 0) is 0 Å². The van der Waals surface area contributed by atoms with Crippen LogP contribution in [-0.4, -0.2) is 9.97 Å². The summed E-state index contributed by atoms with van der Waals surface area (Å²) in [6, 6.07) is 2.65. The van der Waals surface area contributed by atoms with E-state index in [-0.39, 0.29) is 5.69 Å². The van der Waals surface area contributed by atoms with Crippen LogP contribution >= 0.6 is 0 Å². The van der Waals surface area contributed by atoms with Crippen molar-refractivity contribution in [3.05, 3.63) is 24.0 Å². The lowest BCUT2D eigenvalue weighted by Gasteiger charge is -1.83. The number of rotatable bonds is 0. The van der Waals surface area contributed by atoms with Gasteiger partial charge in [-0.3, -0.25) is 0 Å². The van der Waals surface area contributed by atoms with Gasteiger partial charge in [0.1, 0.15) is 18.1 Å². The van der Waals surface area contributed by atoms with E-state index in [4.69, 9.17) is 5.26 Å². The molecule has 0 amide bonds. The third-order valence-electron chi connectivity index (χ3n) is 0.748. The standard InChI is InChI=1S/C5H2FN3/c6-5-1-4(2-7)8-3-9-5/h1,3H. The van der Waals surface area contributed by atoms with Crippen LogP contribution in [0.5, 0.6) is 0 Å². The summed E-state index contributed by atoms with van der Waals surface area (Å²) in [5.41, 5.74) is 0.0440. The summed E-state index contributed by atoms with van der Waals surface area (Å²) >= 11 is 0. The molecule has 1 rings (SSSR count). The number of aromatic nitrogens is 2. The number of hydrogen-bond acceptors (Lipinski definition) is 3. The molecule has 9 heavy (non-hydrogen) atoms. The molecule has 0 aliphatic heterocycles. The van der Waals surface area contributed by atoms with Gasteiger partial charge < -0.3 is 0 Å². The number of nitrogens with zero attached hydrogens (tertiary/aromatic N) is 3. The van der Waals surface area contributed by atoms with Crippen molar-refractivity contribution < 1.29 is 4.39 Å². The van der Waals surface area contributed by atoms with Crippen LogP contribution in [0.2, 0.25) is 0 Å². The zero-order chi connectivity index (χ0) is 6.69. The minimum Gasteiger partial charge on any atom is -0.225 e. The van der Waals surface area contributed by atoms with Crippen LogP contribution in [0.15, 0.2) is 12.4 Å². The second kappa shape index (κ2) is 2.18. The van der Waals surface area contributed by atoms with Crippen molar-refractivity contribution in [2.24, 2.45) is 0 Å². The number of halogens is 1. The minimum absolute atomic E-state index is 0.0440. The van der Waals surface area contributed by atoms with Crippen molar-refractivity contribution in [2.75, 3.05) is 0 Å². The fourth-order valence-electron chi connectivity index (χ4n) is 0.395. The lowest BCUT2D eigenvalue weighted by Crippen LogP contribution is -1.86. The Hall–Kier alpha value is -1.50. The summed E-state index contributed by atoms with van der Waals surface area (Å²) in [7, 11) is 0. The van der Waals surface area contributed by atoms with Gasteiger partial charge in [-0.2, -0.15) is 9.65 Å². The van der Waals surface area contributed by atoms with Crippen LogP contribution < -0.4 is 0 Å². The molecule has 44 valence electrons. The second-order valence-electron chi connectivity index (χ2n) is 1.34. The molecule has 1 heterocycles. The highest BCUT2D eigenvalue weighted by Crippen LogP contribution is 1.91. The molecule has 0 saturated heterocycles. The molecule has 0 atom stereocenters. The molecule has 4 heteroatoms. The van der Waals surface area contributed by atoms with Crippen LogP contribution in [0.4, 0.5) is 4.39 Å². The van der Waals surface area contributed by atoms with Gasteiger partial charge in [0, 0.05) is 6.07 Å². The molecule has 0 bridgehead atoms. The molecule has 0 radical (unpaired) electrons. The van der Waals surface area contributed by atoms with E-state index in [0.717, 1.165) is 12.4 Å². The molecule has 0 fully saturated rings. The van der Waals surface area contributed by atoms with Gasteiger partial charge in [0.2, 0.25) is 5.95 Å². The van der Waals surface area contributed by atoms with Crippen molar-refractivity contribution in [3.63, 3.8) is 0 Å². The van der Waals surface area contributed by atoms with E-state index < -0.39 is 5.95 Å². The maximum atomic E-state index is 12.1. The molecule has 0 aromatic carbocycles. The van der Waals surface area contributed by atoms with Crippen molar-refractivity contribution in [1.82, 2.24) is 9.97 Å². The van der Waals surface area contributed by atoms with Gasteiger partial charge in [0.25, 0.3) is 0 Å². The first-order valence-electron chi connectivity index (χ1n) is 2.20. The Kier molecular flexibility index (Phi) is 1.36. The fraction of sp³-hybridized carbons (Fsp3) is 0. The maximum Gasteiger partial charge on any atom is 0.217 e. The predicted octanol–water partition coefficient (Wildman–Crippen LogP) is 0.487. The molecule has 1 aromatic rings. The van der Waals surface area contributed by atoms with Gasteiger partial charge in [-0.05, 0) is 0 Å². The molecule has 0 N–H and O–H groups in total. The van der Waals surface area contributed by atoms with Gasteiger partial charge in [-0.25, -0.2) is 9.97 Å². The van der Waals surface area contributed by atoms with Crippen LogP contribution in [0.1, 0.15) is 5.69 Å². The molecule has 0 aliphatic rings. The Morgan fingerprint density at radius 2 is 2.33 bits per heavy atom. The van der Waals surface area contributed by atoms with Crippen molar-refractivity contribution in [2.45, 2.75) is 0 Å². The molecule has 1 aromatic heterocycles. The molecular weight excluding hydrogens is 121 g/mol. The Balaban J connectivity index is 3.12. The van der Waals surface area contributed by atoms with Crippen molar-refractivity contribution >= 4 is 0 Å². The zero-order valence-electron chi connectivity index (χ0n) is 4.37. The number of nitriles is 1. The Morgan fingerprint density at radius 3 is 2.78 bits per heavy atom. The summed E-state index contributed by atoms with van der Waals surface area (Å²) in [6.45, 7) is 0. The van der Waals surface area contributed by atoms with Gasteiger partial charge in [0.05, 0.1) is 0 Å². The highest BCUT2D eigenvalue weighted by molar-refractivity contribution is 5.16. The lowest BCUT2D eigenvalue weighted by molar-refractivity contribution is 0.578. The molecule has 0 spiro atoms. The van der Waals surface area contributed by atoms with Crippen LogP contribution in [0.3, 0.4) is 0 Å². The summed E-state index contributed by atoms with van der Waals surface area (Å²) < 4.78 is 12.1. The maximum absolute atomic E-state index is 12.1. The van der Waals surface area contributed by atoms with E-state index in [0.29, 0.717) is 0 Å². The number of hydrogen-bond donors (Lipinski definition) is 0. The Bertz CT molecular complexity index is 253. The first-order valence-corrected chi connectivity index (χ1v) is 2.20. The van der Waals surface area contributed by atoms with Gasteiger partial charge in [-0.1, -0.05) is 0 Å². The predicted molar refractivity (Wildman–Crippen MR) is 26.7 cm³/mol. The van der Waals surface area contributed by atoms with Gasteiger partial charge in [0.15, 0.2) is 0 Å². The fourth-order valence-corrected chi connectivity index (χ4v) is 0.395. The molecule has 3 nitrogen and oxygen atoms in total. The van der Waals surface area contributed by atoms with E-state index in [9.17, 15) is 4.39 Å². The SMILES string of the molecule is N#Cc1cc(F)ncn1. The first kappa shape index (κ1) is 5.63. The van der Waals surface area contributed by atoms with Crippen LogP contribution in [0.25, 0.3) is 0 Å². The van der Waals surface area contributed by atoms with E-state index >= 15 is 0 Å². The van der Waals surface area contributed by atoms with E-state index in [2.05, 4.69) is 9.97 Å². The molecule has 0 aliphatic carbocycles. The summed E-state index contributed by atoms with van der Waals surface area (Å²) in [4.78, 5) is 6.60. The Morgan fingerprint density at radius 1 is 1.56 bits per heavy atom. The van der Waals surface area contributed by atoms with Crippen molar-refractivity contribution in [1.29, 1.82) is 5.26 Å². The largest absolute Gasteiger partial charge is 0.225 e. The monoisotopic (exact) mass is 123 g/mol. The summed E-state index contributed by atoms with van der Waals surface area (Å²) in [5.74, 6) is -0.679. The molecule has 0 unspecified atom stereocenters. The molecular formula is C5H2FN3. The topological polar surface area (TPSA) is 49.6 Å². The minimum atomic E-state index is -0.679. The normalized spacial score (nSPS) is 8.44. The highest BCUT2D eigenvalue weighted by atomic mass is 19.1. The van der Waals surface area contributed by atoms with E-state index in [1.54, 1.807) is 6.07 Å². The average molecular weight is 123 g/mol. The third-order valence-corrected chi connectivity index (χ3v) is 0.748. The van der Waals surface area contributed by atoms with Gasteiger partial charge in [-0.15, -0.1) is 0 Å². The van der Waals surface area contributed by atoms with Crippen LogP contribution in [0, 0.1) is 17.3 Å². The molecule has 0 saturated carbocycles. The summed E-state index contributed by atoms with van der Waals surface area (Å²) in [6.07, 6.45) is 1.01. The highest BCUT2D eigenvalue weighted by Gasteiger charge is 1.92. The van der Waals surface area contributed by atoms with E-state index in [1.165, 1.54) is 0 Å². The zero-order valence-corrected chi connectivity index (χ0v) is 4.37. The summed E-state index contributed by atoms with van der Waals surface area (Å²) in [5, 5.41) is 8.16. The Labute approximate surface area is 50.8 Å². The average Bonchev–Trinajstić information content (AvgIpc) is 1.88.